The lowest BCUT2D eigenvalue weighted by Gasteiger charge is -2.32. The highest BCUT2D eigenvalue weighted by atomic mass is 32.2. The van der Waals surface area contributed by atoms with Crippen molar-refractivity contribution >= 4 is 33.5 Å². The zero-order chi connectivity index (χ0) is 21.2. The van der Waals surface area contributed by atoms with Crippen molar-refractivity contribution in [2.24, 2.45) is 4.99 Å². The Balaban J connectivity index is 2.00. The lowest BCUT2D eigenvalue weighted by atomic mass is 9.92. The molecule has 0 N–H and O–H groups in total. The van der Waals surface area contributed by atoms with Crippen molar-refractivity contribution in [1.82, 2.24) is 15.0 Å². The maximum atomic E-state index is 5.03. The molecule has 1 heterocycles. The molecule has 4 nitrogen and oxygen atoms in total. The van der Waals surface area contributed by atoms with Crippen LogP contribution in [0.15, 0.2) is 72.2 Å². The molecule has 30 heavy (non-hydrogen) atoms. The Morgan fingerprint density at radius 2 is 1.73 bits per heavy atom. The Morgan fingerprint density at radius 1 is 1.03 bits per heavy atom. The highest BCUT2D eigenvalue weighted by Crippen LogP contribution is 2.35. The van der Waals surface area contributed by atoms with E-state index in [1.165, 1.54) is 32.1 Å². The van der Waals surface area contributed by atoms with Gasteiger partial charge in [-0.2, -0.15) is 0 Å². The first-order chi connectivity index (χ1) is 14.7. The molecule has 5 heteroatoms. The molecule has 0 saturated heterocycles. The molecular formula is C25H32N4S. The fraction of sp³-hybridized carbons (Fsp3) is 0.400. The van der Waals surface area contributed by atoms with E-state index >= 15 is 0 Å². The molecule has 0 amide bonds. The summed E-state index contributed by atoms with van der Waals surface area (Å²) in [5, 5.41) is 10.00. The zero-order valence-electron chi connectivity index (χ0n) is 18.1. The summed E-state index contributed by atoms with van der Waals surface area (Å²) in [6, 6.07) is 18.2. The van der Waals surface area contributed by atoms with Gasteiger partial charge in [0, 0.05) is 0 Å². The summed E-state index contributed by atoms with van der Waals surface area (Å²) in [4.78, 5) is 5.03. The van der Waals surface area contributed by atoms with E-state index in [9.17, 15) is 0 Å². The van der Waals surface area contributed by atoms with E-state index in [-0.39, 0.29) is 0 Å². The Morgan fingerprint density at radius 3 is 2.47 bits per heavy atom. The van der Waals surface area contributed by atoms with Gasteiger partial charge < -0.3 is 0 Å². The number of fused-ring (bicyclic) bond motifs is 1. The predicted molar refractivity (Wildman–Crippen MR) is 131 cm³/mol. The van der Waals surface area contributed by atoms with Crippen molar-refractivity contribution in [2.75, 3.05) is 6.26 Å². The van der Waals surface area contributed by atoms with Gasteiger partial charge in [-0.05, 0) is 36.9 Å². The summed E-state index contributed by atoms with van der Waals surface area (Å²) in [6.45, 7) is 6.51. The van der Waals surface area contributed by atoms with Gasteiger partial charge in [0.2, 0.25) is 0 Å². The molecule has 1 unspecified atom stereocenters. The largest absolute Gasteiger partial charge is 0.244 e. The average molecular weight is 421 g/mol. The first kappa shape index (κ1) is 22.3. The Hall–Kier alpha value is -2.40. The Labute approximate surface area is 184 Å². The smallest absolute Gasteiger partial charge is 0.131 e. The second-order valence-corrected chi connectivity index (χ2v) is 8.39. The number of aliphatic imine (C=N–C) groups is 1. The number of benzene rings is 2. The van der Waals surface area contributed by atoms with E-state index in [2.05, 4.69) is 36.1 Å². The SMILES string of the molecule is C=CC(CCCCCCCC)(C(=Nc1ccccc1)SC)n1nnc2ccccc21. The van der Waals surface area contributed by atoms with Crippen molar-refractivity contribution in [1.29, 1.82) is 0 Å². The van der Waals surface area contributed by atoms with Crippen LogP contribution in [0.1, 0.15) is 51.9 Å². The Bertz CT molecular complexity index is 963. The van der Waals surface area contributed by atoms with Crippen LogP contribution >= 0.6 is 11.8 Å². The monoisotopic (exact) mass is 420 g/mol. The molecule has 0 fully saturated rings. The van der Waals surface area contributed by atoms with Crippen molar-refractivity contribution in [3.05, 3.63) is 67.3 Å². The maximum Gasteiger partial charge on any atom is 0.131 e. The molecule has 0 spiro atoms. The lowest BCUT2D eigenvalue weighted by Crippen LogP contribution is -2.39. The summed E-state index contributed by atoms with van der Waals surface area (Å²) in [5.41, 5.74) is 2.33. The minimum atomic E-state index is -0.518. The van der Waals surface area contributed by atoms with Gasteiger partial charge in [-0.15, -0.1) is 23.4 Å². The Kier molecular flexibility index (Phi) is 8.26. The molecule has 3 aromatic rings. The van der Waals surface area contributed by atoms with Crippen molar-refractivity contribution in [3.8, 4) is 0 Å². The molecule has 1 atom stereocenters. The number of nitrogens with zero attached hydrogens (tertiary/aromatic N) is 4. The number of aromatic nitrogens is 3. The second kappa shape index (κ2) is 11.1. The van der Waals surface area contributed by atoms with Gasteiger partial charge in [0.15, 0.2) is 0 Å². The van der Waals surface area contributed by atoms with E-state index in [1.54, 1.807) is 11.8 Å². The molecule has 0 aliphatic rings. The van der Waals surface area contributed by atoms with Crippen LogP contribution in [-0.4, -0.2) is 26.3 Å². The maximum absolute atomic E-state index is 5.03. The molecular weight excluding hydrogens is 388 g/mol. The van der Waals surface area contributed by atoms with Crippen molar-refractivity contribution in [3.63, 3.8) is 0 Å². The van der Waals surface area contributed by atoms with E-state index < -0.39 is 5.54 Å². The molecule has 0 radical (unpaired) electrons. The first-order valence-electron chi connectivity index (χ1n) is 10.9. The quantitative estimate of drug-likeness (QED) is 0.143. The fourth-order valence-electron chi connectivity index (χ4n) is 3.86. The minimum Gasteiger partial charge on any atom is -0.244 e. The molecule has 3 rings (SSSR count). The van der Waals surface area contributed by atoms with E-state index in [4.69, 9.17) is 4.99 Å². The lowest BCUT2D eigenvalue weighted by molar-refractivity contribution is 0.404. The molecule has 2 aromatic carbocycles. The van der Waals surface area contributed by atoms with E-state index in [0.717, 1.165) is 34.6 Å². The second-order valence-electron chi connectivity index (χ2n) is 7.59. The first-order valence-corrected chi connectivity index (χ1v) is 12.1. The summed E-state index contributed by atoms with van der Waals surface area (Å²) >= 11 is 1.67. The summed E-state index contributed by atoms with van der Waals surface area (Å²) in [7, 11) is 0. The minimum absolute atomic E-state index is 0.518. The number of rotatable bonds is 11. The molecule has 0 saturated carbocycles. The van der Waals surface area contributed by atoms with Crippen LogP contribution in [0.25, 0.3) is 11.0 Å². The highest BCUT2D eigenvalue weighted by molar-refractivity contribution is 8.13. The average Bonchev–Trinajstić information content (AvgIpc) is 3.23. The normalized spacial score (nSPS) is 14.0. The van der Waals surface area contributed by atoms with Crippen LogP contribution < -0.4 is 0 Å². The van der Waals surface area contributed by atoms with Gasteiger partial charge in [-0.1, -0.05) is 87.1 Å². The van der Waals surface area contributed by atoms with Gasteiger partial charge in [-0.3, -0.25) is 0 Å². The van der Waals surface area contributed by atoms with E-state index in [0.29, 0.717) is 0 Å². The summed E-state index contributed by atoms with van der Waals surface area (Å²) in [6.07, 6.45) is 12.4. The number of hydrogen-bond donors (Lipinski definition) is 0. The fourth-order valence-corrected chi connectivity index (χ4v) is 4.68. The molecule has 0 aliphatic heterocycles. The van der Waals surface area contributed by atoms with Crippen LogP contribution in [0, 0.1) is 0 Å². The van der Waals surface area contributed by atoms with Crippen LogP contribution in [0.5, 0.6) is 0 Å². The number of hydrogen-bond acceptors (Lipinski definition) is 4. The zero-order valence-corrected chi connectivity index (χ0v) is 18.9. The van der Waals surface area contributed by atoms with Crippen LogP contribution in [-0.2, 0) is 5.54 Å². The molecule has 0 aliphatic carbocycles. The van der Waals surface area contributed by atoms with Gasteiger partial charge >= 0.3 is 0 Å². The highest BCUT2D eigenvalue weighted by Gasteiger charge is 2.37. The summed E-state index contributed by atoms with van der Waals surface area (Å²) < 4.78 is 2.03. The molecule has 158 valence electrons. The number of allylic oxidation sites excluding steroid dienone is 1. The van der Waals surface area contributed by atoms with Gasteiger partial charge in [0.25, 0.3) is 0 Å². The predicted octanol–water partition coefficient (Wildman–Crippen LogP) is 7.16. The standard InChI is InChI=1S/C25H32N4S/c1-4-6-7-8-9-15-20-25(5-2,24(30-3)26-21-16-11-10-12-17-21)29-23-19-14-13-18-22(23)27-28-29/h5,10-14,16-19H,2,4,6-9,15,20H2,1,3H3. The number of thioether (sulfide) groups is 1. The third-order valence-corrected chi connectivity index (χ3v) is 6.36. The third kappa shape index (κ3) is 5.01. The van der Waals surface area contributed by atoms with Crippen LogP contribution in [0.3, 0.4) is 0 Å². The number of para-hydroxylation sites is 2. The van der Waals surface area contributed by atoms with Crippen LogP contribution in [0.4, 0.5) is 5.69 Å². The summed E-state index contributed by atoms with van der Waals surface area (Å²) in [5.74, 6) is 0. The van der Waals surface area contributed by atoms with Gasteiger partial charge in [0.05, 0.1) is 11.2 Å². The van der Waals surface area contributed by atoms with Gasteiger partial charge in [0.1, 0.15) is 16.1 Å². The van der Waals surface area contributed by atoms with Gasteiger partial charge in [-0.25, -0.2) is 9.67 Å². The van der Waals surface area contributed by atoms with Crippen LogP contribution in [0.2, 0.25) is 0 Å². The number of unbranched alkanes of at least 4 members (excludes halogenated alkanes) is 5. The topological polar surface area (TPSA) is 43.1 Å². The van der Waals surface area contributed by atoms with E-state index in [1.807, 2.05) is 59.3 Å². The molecule has 0 bridgehead atoms. The van der Waals surface area contributed by atoms with Crippen molar-refractivity contribution in [2.45, 2.75) is 57.4 Å². The third-order valence-electron chi connectivity index (χ3n) is 5.53. The van der Waals surface area contributed by atoms with Crippen molar-refractivity contribution < 1.29 is 0 Å². The molecule has 1 aromatic heterocycles.